The zero-order chi connectivity index (χ0) is 11.9. The van der Waals surface area contributed by atoms with Crippen LogP contribution in [0.2, 0.25) is 5.02 Å². The molecule has 1 aromatic carbocycles. The Kier molecular flexibility index (Phi) is 5.10. The SMILES string of the molecule is Clc1ccc(OCCNCC2CCCO2)cc1. The van der Waals surface area contributed by atoms with E-state index in [1.165, 1.54) is 12.8 Å². The van der Waals surface area contributed by atoms with Gasteiger partial charge in [-0.2, -0.15) is 0 Å². The van der Waals surface area contributed by atoms with E-state index >= 15 is 0 Å². The van der Waals surface area contributed by atoms with Gasteiger partial charge in [0.15, 0.2) is 0 Å². The maximum atomic E-state index is 5.79. The smallest absolute Gasteiger partial charge is 0.119 e. The Balaban J connectivity index is 1.55. The van der Waals surface area contributed by atoms with Gasteiger partial charge in [-0.05, 0) is 37.1 Å². The minimum atomic E-state index is 0.394. The summed E-state index contributed by atoms with van der Waals surface area (Å²) >= 11 is 5.79. The van der Waals surface area contributed by atoms with E-state index in [0.717, 1.165) is 30.5 Å². The molecule has 0 aromatic heterocycles. The van der Waals surface area contributed by atoms with Gasteiger partial charge in [0.25, 0.3) is 0 Å². The van der Waals surface area contributed by atoms with Crippen LogP contribution in [0, 0.1) is 0 Å². The fourth-order valence-corrected chi connectivity index (χ4v) is 1.97. The first-order valence-electron chi connectivity index (χ1n) is 6.05. The van der Waals surface area contributed by atoms with E-state index in [1.54, 1.807) is 0 Å². The third-order valence-corrected chi connectivity index (χ3v) is 3.01. The summed E-state index contributed by atoms with van der Waals surface area (Å²) in [6.45, 7) is 3.33. The Morgan fingerprint density at radius 1 is 1.35 bits per heavy atom. The van der Waals surface area contributed by atoms with Gasteiger partial charge >= 0.3 is 0 Å². The molecule has 0 saturated carbocycles. The maximum absolute atomic E-state index is 5.79. The monoisotopic (exact) mass is 255 g/mol. The van der Waals surface area contributed by atoms with Crippen LogP contribution >= 0.6 is 11.6 Å². The van der Waals surface area contributed by atoms with Gasteiger partial charge < -0.3 is 14.8 Å². The lowest BCUT2D eigenvalue weighted by molar-refractivity contribution is 0.109. The van der Waals surface area contributed by atoms with Crippen molar-refractivity contribution in [1.29, 1.82) is 0 Å². The quantitative estimate of drug-likeness (QED) is 0.793. The summed E-state index contributed by atoms with van der Waals surface area (Å²) in [6.07, 6.45) is 2.75. The molecule has 0 spiro atoms. The molecule has 4 heteroatoms. The highest BCUT2D eigenvalue weighted by molar-refractivity contribution is 6.30. The van der Waals surface area contributed by atoms with Crippen LogP contribution in [0.25, 0.3) is 0 Å². The van der Waals surface area contributed by atoms with Gasteiger partial charge in [-0.15, -0.1) is 0 Å². The number of ether oxygens (including phenoxy) is 2. The standard InChI is InChI=1S/C13H18ClNO2/c14-11-3-5-12(6-4-11)17-9-7-15-10-13-2-1-8-16-13/h3-6,13,15H,1-2,7-10H2. The molecule has 1 atom stereocenters. The summed E-state index contributed by atoms with van der Waals surface area (Å²) in [5.41, 5.74) is 0. The van der Waals surface area contributed by atoms with Crippen molar-refractivity contribution in [2.45, 2.75) is 18.9 Å². The second-order valence-electron chi connectivity index (χ2n) is 4.14. The summed E-state index contributed by atoms with van der Waals surface area (Å²) in [7, 11) is 0. The van der Waals surface area contributed by atoms with E-state index in [4.69, 9.17) is 21.1 Å². The number of hydrogen-bond acceptors (Lipinski definition) is 3. The highest BCUT2D eigenvalue weighted by Gasteiger charge is 2.14. The highest BCUT2D eigenvalue weighted by Crippen LogP contribution is 2.15. The average Bonchev–Trinajstić information content (AvgIpc) is 2.84. The van der Waals surface area contributed by atoms with Crippen LogP contribution in [-0.4, -0.2) is 32.4 Å². The van der Waals surface area contributed by atoms with Crippen molar-refractivity contribution in [1.82, 2.24) is 5.32 Å². The highest BCUT2D eigenvalue weighted by atomic mass is 35.5. The molecule has 1 N–H and O–H groups in total. The molecule has 1 aromatic rings. The second-order valence-corrected chi connectivity index (χ2v) is 4.58. The van der Waals surface area contributed by atoms with Gasteiger partial charge in [-0.3, -0.25) is 0 Å². The van der Waals surface area contributed by atoms with Crippen LogP contribution in [0.4, 0.5) is 0 Å². The Morgan fingerprint density at radius 2 is 2.18 bits per heavy atom. The Hall–Kier alpha value is -0.770. The molecule has 0 aliphatic carbocycles. The molecular formula is C13H18ClNO2. The van der Waals surface area contributed by atoms with E-state index in [-0.39, 0.29) is 0 Å². The summed E-state index contributed by atoms with van der Waals surface area (Å²) in [6, 6.07) is 7.41. The molecule has 0 radical (unpaired) electrons. The van der Waals surface area contributed by atoms with Crippen molar-refractivity contribution in [3.05, 3.63) is 29.3 Å². The second kappa shape index (κ2) is 6.84. The van der Waals surface area contributed by atoms with E-state index < -0.39 is 0 Å². The van der Waals surface area contributed by atoms with Gasteiger partial charge in [-0.1, -0.05) is 11.6 Å². The van der Waals surface area contributed by atoms with E-state index in [1.807, 2.05) is 24.3 Å². The van der Waals surface area contributed by atoms with Crippen molar-refractivity contribution in [3.8, 4) is 5.75 Å². The van der Waals surface area contributed by atoms with Gasteiger partial charge in [-0.25, -0.2) is 0 Å². The first kappa shape index (κ1) is 12.7. The van der Waals surface area contributed by atoms with Gasteiger partial charge in [0.05, 0.1) is 6.10 Å². The number of rotatable bonds is 6. The van der Waals surface area contributed by atoms with Crippen LogP contribution in [-0.2, 0) is 4.74 Å². The maximum Gasteiger partial charge on any atom is 0.119 e. The zero-order valence-corrected chi connectivity index (χ0v) is 10.6. The molecule has 0 amide bonds. The Morgan fingerprint density at radius 3 is 2.88 bits per heavy atom. The van der Waals surface area contributed by atoms with Crippen molar-refractivity contribution in [2.75, 3.05) is 26.3 Å². The number of hydrogen-bond donors (Lipinski definition) is 1. The molecule has 2 rings (SSSR count). The summed E-state index contributed by atoms with van der Waals surface area (Å²) < 4.78 is 11.1. The number of nitrogens with one attached hydrogen (secondary N) is 1. The molecule has 17 heavy (non-hydrogen) atoms. The van der Waals surface area contributed by atoms with E-state index in [2.05, 4.69) is 5.32 Å². The lowest BCUT2D eigenvalue weighted by Crippen LogP contribution is -2.29. The molecule has 0 bridgehead atoms. The Labute approximate surface area is 107 Å². The fraction of sp³-hybridized carbons (Fsp3) is 0.538. The Bertz CT molecular complexity index is 323. The van der Waals surface area contributed by atoms with Crippen molar-refractivity contribution in [2.24, 2.45) is 0 Å². The zero-order valence-electron chi connectivity index (χ0n) is 9.82. The molecular weight excluding hydrogens is 238 g/mol. The lowest BCUT2D eigenvalue weighted by Gasteiger charge is -2.11. The molecule has 1 fully saturated rings. The van der Waals surface area contributed by atoms with Gasteiger partial charge in [0.1, 0.15) is 12.4 Å². The molecule has 1 heterocycles. The van der Waals surface area contributed by atoms with Crippen LogP contribution in [0.5, 0.6) is 5.75 Å². The van der Waals surface area contributed by atoms with Crippen LogP contribution in [0.1, 0.15) is 12.8 Å². The predicted octanol–water partition coefficient (Wildman–Crippen LogP) is 2.49. The normalized spacial score (nSPS) is 19.5. The molecule has 1 unspecified atom stereocenters. The van der Waals surface area contributed by atoms with Crippen molar-refractivity contribution >= 4 is 11.6 Å². The van der Waals surface area contributed by atoms with Crippen LogP contribution in [0.3, 0.4) is 0 Å². The number of benzene rings is 1. The van der Waals surface area contributed by atoms with Crippen LogP contribution in [0.15, 0.2) is 24.3 Å². The third-order valence-electron chi connectivity index (χ3n) is 2.76. The topological polar surface area (TPSA) is 30.5 Å². The third kappa shape index (κ3) is 4.54. The first-order chi connectivity index (χ1) is 8.34. The molecule has 1 aliphatic rings. The summed E-state index contributed by atoms with van der Waals surface area (Å²) in [5.74, 6) is 0.855. The van der Waals surface area contributed by atoms with Crippen LogP contribution < -0.4 is 10.1 Å². The van der Waals surface area contributed by atoms with Gasteiger partial charge in [0, 0.05) is 24.7 Å². The van der Waals surface area contributed by atoms with E-state index in [0.29, 0.717) is 12.7 Å². The van der Waals surface area contributed by atoms with Crippen molar-refractivity contribution < 1.29 is 9.47 Å². The number of halogens is 1. The summed E-state index contributed by atoms with van der Waals surface area (Å²) in [4.78, 5) is 0. The average molecular weight is 256 g/mol. The minimum Gasteiger partial charge on any atom is -0.492 e. The van der Waals surface area contributed by atoms with E-state index in [9.17, 15) is 0 Å². The minimum absolute atomic E-state index is 0.394. The largest absolute Gasteiger partial charge is 0.492 e. The first-order valence-corrected chi connectivity index (χ1v) is 6.43. The molecule has 3 nitrogen and oxygen atoms in total. The van der Waals surface area contributed by atoms with Crippen molar-refractivity contribution in [3.63, 3.8) is 0 Å². The molecule has 1 aliphatic heterocycles. The summed E-state index contributed by atoms with van der Waals surface area (Å²) in [5, 5.41) is 4.06. The lowest BCUT2D eigenvalue weighted by atomic mass is 10.2. The van der Waals surface area contributed by atoms with Gasteiger partial charge in [0.2, 0.25) is 0 Å². The predicted molar refractivity (Wildman–Crippen MR) is 68.8 cm³/mol. The fourth-order valence-electron chi connectivity index (χ4n) is 1.84. The molecule has 1 saturated heterocycles. The molecule has 94 valence electrons.